The average molecular weight is 510 g/mol. The maximum Gasteiger partial charge on any atom is 0.353 e. The van der Waals surface area contributed by atoms with Gasteiger partial charge in [-0.05, 0) is 18.9 Å². The monoisotopic (exact) mass is 509 g/mol. The molecule has 4 rings (SSSR count). The molecule has 0 radical (unpaired) electrons. The quantitative estimate of drug-likeness (QED) is 0.147. The fraction of sp³-hybridized carbons (Fsp3) is 0.263. The summed E-state index contributed by atoms with van der Waals surface area (Å²) in [5.74, 6) is -2.66. The number of nitrogens with two attached hydrogens (primary N) is 1. The first kappa shape index (κ1) is 23.0. The lowest BCUT2D eigenvalue weighted by Gasteiger charge is -2.50. The number of aromatic nitrogens is 2. The van der Waals surface area contributed by atoms with E-state index in [-0.39, 0.29) is 20.9 Å². The maximum absolute atomic E-state index is 12.9. The zero-order valence-corrected chi connectivity index (χ0v) is 19.4. The van der Waals surface area contributed by atoms with Crippen molar-refractivity contribution in [2.45, 2.75) is 29.8 Å². The number of carbonyl (C=O) groups excluding carboxylic acids is 2. The lowest BCUT2D eigenvalue weighted by atomic mass is 9.86. The molecule has 1 fully saturated rings. The number of hydrogen-bond acceptors (Lipinski definition) is 9. The minimum absolute atomic E-state index is 0.0572. The van der Waals surface area contributed by atoms with Crippen LogP contribution in [0, 0.1) is 0 Å². The second kappa shape index (κ2) is 9.00. The van der Waals surface area contributed by atoms with Crippen LogP contribution in [0.25, 0.3) is 0 Å². The zero-order valence-electron chi connectivity index (χ0n) is 17.1. The van der Waals surface area contributed by atoms with E-state index in [9.17, 15) is 24.7 Å². The van der Waals surface area contributed by atoms with E-state index >= 15 is 0 Å². The molecule has 0 bridgehead atoms. The summed E-state index contributed by atoms with van der Waals surface area (Å²) in [5.41, 5.74) is 4.88. The molecule has 0 saturated carbocycles. The van der Waals surface area contributed by atoms with E-state index in [0.717, 1.165) is 16.2 Å². The number of rotatable bonds is 6. The summed E-state index contributed by atoms with van der Waals surface area (Å²) in [6, 6.07) is 2.19. The van der Waals surface area contributed by atoms with E-state index in [0.29, 0.717) is 17.7 Å². The number of carboxylic acid groups (broad SMARTS) is 1. The molecule has 0 unspecified atom stereocenters. The van der Waals surface area contributed by atoms with E-state index in [4.69, 9.17) is 17.3 Å². The lowest BCUT2D eigenvalue weighted by Crippen LogP contribution is -2.72. The Kier molecular flexibility index (Phi) is 6.28. The van der Waals surface area contributed by atoms with Crippen molar-refractivity contribution < 1.29 is 29.3 Å². The summed E-state index contributed by atoms with van der Waals surface area (Å²) < 4.78 is 1.90. The number of thioether (sulfide) groups is 1. The number of fused-ring (bicyclic) bond motifs is 1. The first-order valence-electron chi connectivity index (χ1n) is 9.59. The first-order chi connectivity index (χ1) is 15.7. The van der Waals surface area contributed by atoms with E-state index in [1.54, 1.807) is 0 Å². The number of nitrogens with one attached hydrogen (secondary N) is 1. The summed E-state index contributed by atoms with van der Waals surface area (Å²) in [6.45, 7) is 0. The van der Waals surface area contributed by atoms with Crippen molar-refractivity contribution in [3.8, 4) is 0 Å². The highest BCUT2D eigenvalue weighted by Crippen LogP contribution is 2.43. The second-order valence-corrected chi connectivity index (χ2v) is 10.1. The predicted molar refractivity (Wildman–Crippen MR) is 120 cm³/mol. The number of nitrogens with zero attached hydrogens (tertiary/aromatic N) is 4. The van der Waals surface area contributed by atoms with Crippen molar-refractivity contribution in [3.05, 3.63) is 45.2 Å². The number of carbonyl (C=O) groups is 3. The number of carboxylic acids is 1. The molecule has 2 amide bonds. The molecule has 2 aromatic heterocycles. The van der Waals surface area contributed by atoms with Crippen LogP contribution in [0.2, 0.25) is 4.34 Å². The van der Waals surface area contributed by atoms with Crippen molar-refractivity contribution >= 4 is 63.3 Å². The average Bonchev–Trinajstić information content (AvgIpc) is 3.09. The molecule has 2 atom stereocenters. The Labute approximate surface area is 200 Å². The van der Waals surface area contributed by atoms with Gasteiger partial charge in [0.1, 0.15) is 28.8 Å². The van der Waals surface area contributed by atoms with Crippen molar-refractivity contribution in [2.75, 3.05) is 5.73 Å². The normalized spacial score (nSPS) is 20.4. The van der Waals surface area contributed by atoms with Crippen LogP contribution in [0.4, 0.5) is 5.13 Å². The predicted octanol–water partition coefficient (Wildman–Crippen LogP) is 0.959. The third-order valence-electron chi connectivity index (χ3n) is 5.18. The van der Waals surface area contributed by atoms with Gasteiger partial charge in [0.25, 0.3) is 11.8 Å². The summed E-state index contributed by atoms with van der Waals surface area (Å²) >= 11 is 8.18. The Balaban J connectivity index is 1.54. The molecule has 0 spiro atoms. The van der Waals surface area contributed by atoms with Gasteiger partial charge in [0.15, 0.2) is 23.2 Å². The summed E-state index contributed by atoms with van der Waals surface area (Å²) in [5, 5.41) is 24.7. The van der Waals surface area contributed by atoms with Gasteiger partial charge in [-0.25, -0.2) is 14.3 Å². The van der Waals surface area contributed by atoms with Crippen LogP contribution < -0.4 is 15.6 Å². The minimum atomic E-state index is -1.22. The van der Waals surface area contributed by atoms with Gasteiger partial charge in [-0.3, -0.25) is 14.5 Å². The Hall–Kier alpha value is -3.16. The standard InChI is InChI=1S/C19H17ClN6O5S2/c1-25-6-2-3-8(7-25)32-10-5-4-9-11(17(28)26(9)14(10)18(29)30)22-16(27)13(24-31)12-15(20)33-19(21)23-12/h2-3,6-7,9,11H,4-5H2,1H3,(H4-,21,22,23,27,29,30,31)/p+1/t9-,11+/m1/s1. The van der Waals surface area contributed by atoms with Gasteiger partial charge in [-0.15, -0.1) is 0 Å². The van der Waals surface area contributed by atoms with Crippen LogP contribution in [-0.4, -0.2) is 55.8 Å². The highest BCUT2D eigenvalue weighted by molar-refractivity contribution is 8.03. The van der Waals surface area contributed by atoms with Gasteiger partial charge < -0.3 is 21.4 Å². The minimum Gasteiger partial charge on any atom is -0.477 e. The molecule has 14 heteroatoms. The summed E-state index contributed by atoms with van der Waals surface area (Å²) in [7, 11) is 1.86. The number of anilines is 1. The van der Waals surface area contributed by atoms with Gasteiger partial charge in [-0.2, -0.15) is 0 Å². The second-order valence-electron chi connectivity index (χ2n) is 7.27. The summed E-state index contributed by atoms with van der Waals surface area (Å²) in [6.07, 6.45) is 4.58. The number of aryl methyl sites for hydroxylation is 1. The molecule has 2 aromatic rings. The van der Waals surface area contributed by atoms with Crippen molar-refractivity contribution in [3.63, 3.8) is 0 Å². The number of amides is 2. The highest BCUT2D eigenvalue weighted by atomic mass is 35.5. The molecule has 2 aliphatic heterocycles. The number of β-lactam (4-membered cyclic amide) rings is 1. The molecule has 4 heterocycles. The Morgan fingerprint density at radius 2 is 2.24 bits per heavy atom. The first-order valence-corrected chi connectivity index (χ1v) is 11.6. The largest absolute Gasteiger partial charge is 0.477 e. The van der Waals surface area contributed by atoms with Gasteiger partial charge in [0.05, 0.1) is 10.9 Å². The molecule has 5 N–H and O–H groups in total. The Bertz CT molecular complexity index is 1230. The van der Waals surface area contributed by atoms with Crippen molar-refractivity contribution in [1.82, 2.24) is 15.2 Å². The molecule has 33 heavy (non-hydrogen) atoms. The van der Waals surface area contributed by atoms with E-state index in [1.165, 1.54) is 16.7 Å². The molecular weight excluding hydrogens is 492 g/mol. The fourth-order valence-corrected chi connectivity index (χ4v) is 5.84. The molecule has 0 aliphatic carbocycles. The number of nitrogen functional groups attached to an aromatic ring is 1. The van der Waals surface area contributed by atoms with Gasteiger partial charge in [0.2, 0.25) is 0 Å². The number of aliphatic carboxylic acids is 1. The molecular formula is C19H18ClN6O5S2+. The van der Waals surface area contributed by atoms with Crippen LogP contribution in [-0.2, 0) is 21.4 Å². The molecule has 172 valence electrons. The third kappa shape index (κ3) is 4.26. The Morgan fingerprint density at radius 3 is 2.85 bits per heavy atom. The number of allylic oxidation sites excluding steroid dienone is 1. The number of thiazole rings is 1. The topological polar surface area (TPSA) is 162 Å². The van der Waals surface area contributed by atoms with Gasteiger partial charge in [0, 0.05) is 11.0 Å². The van der Waals surface area contributed by atoms with Crippen LogP contribution in [0.5, 0.6) is 0 Å². The Morgan fingerprint density at radius 1 is 1.48 bits per heavy atom. The smallest absolute Gasteiger partial charge is 0.353 e. The third-order valence-corrected chi connectivity index (χ3v) is 7.38. The maximum atomic E-state index is 12.9. The molecule has 2 aliphatic rings. The summed E-state index contributed by atoms with van der Waals surface area (Å²) in [4.78, 5) is 44.0. The van der Waals surface area contributed by atoms with Crippen molar-refractivity contribution in [2.24, 2.45) is 12.2 Å². The van der Waals surface area contributed by atoms with E-state index in [1.807, 2.05) is 36.1 Å². The van der Waals surface area contributed by atoms with Crippen LogP contribution in [0.15, 0.2) is 45.2 Å². The van der Waals surface area contributed by atoms with Gasteiger partial charge in [-0.1, -0.05) is 39.9 Å². The lowest BCUT2D eigenvalue weighted by molar-refractivity contribution is -0.673. The number of oxime groups is 1. The number of pyridine rings is 1. The van der Waals surface area contributed by atoms with Crippen LogP contribution in [0.1, 0.15) is 18.5 Å². The van der Waals surface area contributed by atoms with Gasteiger partial charge >= 0.3 is 5.97 Å². The molecule has 11 nitrogen and oxygen atoms in total. The van der Waals surface area contributed by atoms with Crippen LogP contribution in [0.3, 0.4) is 0 Å². The molecule has 1 saturated heterocycles. The zero-order chi connectivity index (χ0) is 23.9. The SMILES string of the molecule is C[n+]1cccc(SC2=C(C(=O)O)N3C(=O)[C@@H](NC(=O)/C(=N\O)c4nc(N)sc4Cl)[C@H]3CC2)c1. The highest BCUT2D eigenvalue weighted by Gasteiger charge is 2.54. The number of hydrogen-bond donors (Lipinski definition) is 4. The molecule has 0 aromatic carbocycles. The van der Waals surface area contributed by atoms with Crippen molar-refractivity contribution in [1.29, 1.82) is 0 Å². The van der Waals surface area contributed by atoms with Crippen LogP contribution >= 0.6 is 34.7 Å². The van der Waals surface area contributed by atoms with E-state index < -0.39 is 35.6 Å². The van der Waals surface area contributed by atoms with E-state index in [2.05, 4.69) is 15.5 Å². The number of halogens is 1. The fourth-order valence-electron chi connectivity index (χ4n) is 3.76.